The summed E-state index contributed by atoms with van der Waals surface area (Å²) in [4.78, 5) is 21.0. The third kappa shape index (κ3) is 4.24. The lowest BCUT2D eigenvalue weighted by molar-refractivity contribution is -0.385. The van der Waals surface area contributed by atoms with E-state index in [1.165, 1.54) is 0 Å². The van der Waals surface area contributed by atoms with E-state index in [9.17, 15) is 23.3 Å². The molecule has 0 bridgehead atoms. The van der Waals surface area contributed by atoms with Crippen LogP contribution in [0.25, 0.3) is 0 Å². The third-order valence-electron chi connectivity index (χ3n) is 3.19. The molecule has 0 heterocycles. The van der Waals surface area contributed by atoms with Gasteiger partial charge in [-0.2, -0.15) is 4.72 Å². The molecule has 0 aliphatic rings. The fourth-order valence-electron chi connectivity index (χ4n) is 1.68. The number of hydrogen-bond acceptors (Lipinski definition) is 5. The van der Waals surface area contributed by atoms with Gasteiger partial charge in [0.1, 0.15) is 6.04 Å². The Balaban J connectivity index is 3.16. The summed E-state index contributed by atoms with van der Waals surface area (Å²) < 4.78 is 26.6. The van der Waals surface area contributed by atoms with Crippen molar-refractivity contribution in [3.8, 4) is 0 Å². The molecule has 0 radical (unpaired) electrons. The normalized spacial score (nSPS) is 14.3. The quantitative estimate of drug-likeness (QED) is 0.538. The van der Waals surface area contributed by atoms with E-state index in [1.54, 1.807) is 13.8 Å². The minimum atomic E-state index is -4.11. The second-order valence-corrected chi connectivity index (χ2v) is 7.26. The fraction of sp³-hybridized carbons (Fsp3) is 0.417. The second kappa shape index (κ2) is 7.16. The smallest absolute Gasteiger partial charge is 0.322 e. The number of carboxylic acid groups (broad SMARTS) is 1. The number of aliphatic carboxylic acids is 1. The zero-order valence-electron chi connectivity index (χ0n) is 11.8. The SMILES string of the molecule is CC[C@H](C)[C@H](NS(=O)(=O)c1ccc([N+](=O)[O-])c(Br)c1)C(=O)O. The van der Waals surface area contributed by atoms with Gasteiger partial charge in [-0.1, -0.05) is 20.3 Å². The van der Waals surface area contributed by atoms with Crippen molar-refractivity contribution in [1.82, 2.24) is 4.72 Å². The topological polar surface area (TPSA) is 127 Å². The molecule has 0 fully saturated rings. The van der Waals surface area contributed by atoms with Gasteiger partial charge in [0.25, 0.3) is 5.69 Å². The number of nitro benzene ring substituents is 1. The molecule has 0 aliphatic carbocycles. The number of nitro groups is 1. The van der Waals surface area contributed by atoms with Crippen LogP contribution in [-0.2, 0) is 14.8 Å². The Morgan fingerprint density at radius 3 is 2.50 bits per heavy atom. The summed E-state index contributed by atoms with van der Waals surface area (Å²) in [7, 11) is -4.11. The summed E-state index contributed by atoms with van der Waals surface area (Å²) >= 11 is 2.93. The Bertz CT molecular complexity index is 691. The third-order valence-corrected chi connectivity index (χ3v) is 5.26. The first kappa shape index (κ1) is 18.5. The van der Waals surface area contributed by atoms with Crippen LogP contribution in [0, 0.1) is 16.0 Å². The van der Waals surface area contributed by atoms with Crippen molar-refractivity contribution in [3.63, 3.8) is 0 Å². The standard InChI is InChI=1S/C12H15BrN2O6S/c1-3-7(2)11(12(16)17)14-22(20,21)8-4-5-10(15(18)19)9(13)6-8/h4-7,11,14H,3H2,1-2H3,(H,16,17)/t7-,11-/m0/s1. The van der Waals surface area contributed by atoms with Crippen LogP contribution in [0.5, 0.6) is 0 Å². The number of nitrogens with one attached hydrogen (secondary N) is 1. The molecule has 0 unspecified atom stereocenters. The zero-order valence-corrected chi connectivity index (χ0v) is 14.2. The van der Waals surface area contributed by atoms with Gasteiger partial charge < -0.3 is 5.11 Å². The average molecular weight is 395 g/mol. The Morgan fingerprint density at radius 1 is 1.50 bits per heavy atom. The molecule has 8 nitrogen and oxygen atoms in total. The van der Waals surface area contributed by atoms with E-state index in [1.807, 2.05) is 0 Å². The minimum Gasteiger partial charge on any atom is -0.480 e. The van der Waals surface area contributed by atoms with E-state index in [2.05, 4.69) is 20.7 Å². The molecule has 1 aromatic rings. The number of carbonyl (C=O) groups is 1. The van der Waals surface area contributed by atoms with Crippen LogP contribution in [0.2, 0.25) is 0 Å². The van der Waals surface area contributed by atoms with Crippen LogP contribution >= 0.6 is 15.9 Å². The lowest BCUT2D eigenvalue weighted by atomic mass is 10.0. The van der Waals surface area contributed by atoms with Crippen LogP contribution < -0.4 is 4.72 Å². The van der Waals surface area contributed by atoms with Gasteiger partial charge in [-0.25, -0.2) is 8.42 Å². The summed E-state index contributed by atoms with van der Waals surface area (Å²) in [5.41, 5.74) is -0.282. The highest BCUT2D eigenvalue weighted by Crippen LogP contribution is 2.27. The molecule has 0 aliphatic heterocycles. The van der Waals surface area contributed by atoms with Crippen molar-refractivity contribution >= 4 is 37.6 Å². The van der Waals surface area contributed by atoms with Crippen LogP contribution in [-0.4, -0.2) is 30.5 Å². The molecule has 122 valence electrons. The number of rotatable bonds is 7. The van der Waals surface area contributed by atoms with Crippen molar-refractivity contribution in [3.05, 3.63) is 32.8 Å². The summed E-state index contributed by atoms with van der Waals surface area (Å²) in [6, 6.07) is 1.89. The van der Waals surface area contributed by atoms with Gasteiger partial charge in [0.2, 0.25) is 10.0 Å². The van der Waals surface area contributed by atoms with E-state index >= 15 is 0 Å². The second-order valence-electron chi connectivity index (χ2n) is 4.69. The van der Waals surface area contributed by atoms with Crippen LogP contribution in [0.1, 0.15) is 20.3 Å². The molecule has 1 aromatic carbocycles. The number of carboxylic acids is 1. The van der Waals surface area contributed by atoms with Gasteiger partial charge in [0.05, 0.1) is 14.3 Å². The molecule has 0 spiro atoms. The van der Waals surface area contributed by atoms with Crippen molar-refractivity contribution < 1.29 is 23.2 Å². The first-order chi connectivity index (χ1) is 10.1. The summed E-state index contributed by atoms with van der Waals surface area (Å²) in [5, 5.41) is 19.8. The molecule has 0 aromatic heterocycles. The molecule has 2 atom stereocenters. The first-order valence-corrected chi connectivity index (χ1v) is 8.56. The van der Waals surface area contributed by atoms with Crippen LogP contribution in [0.15, 0.2) is 27.6 Å². The molecule has 0 saturated carbocycles. The van der Waals surface area contributed by atoms with Crippen LogP contribution in [0.4, 0.5) is 5.69 Å². The molecular formula is C12H15BrN2O6S. The van der Waals surface area contributed by atoms with E-state index in [0.717, 1.165) is 18.2 Å². The molecule has 22 heavy (non-hydrogen) atoms. The maximum absolute atomic E-state index is 12.2. The van der Waals surface area contributed by atoms with Gasteiger partial charge in [-0.05, 0) is 34.0 Å². The van der Waals surface area contributed by atoms with Crippen LogP contribution in [0.3, 0.4) is 0 Å². The Morgan fingerprint density at radius 2 is 2.09 bits per heavy atom. The monoisotopic (exact) mass is 394 g/mol. The number of benzene rings is 1. The lowest BCUT2D eigenvalue weighted by Gasteiger charge is -2.20. The Kier molecular flexibility index (Phi) is 6.03. The van der Waals surface area contributed by atoms with E-state index in [-0.39, 0.29) is 15.1 Å². The molecule has 0 saturated heterocycles. The van der Waals surface area contributed by atoms with Crippen molar-refractivity contribution in [2.45, 2.75) is 31.2 Å². The van der Waals surface area contributed by atoms with Gasteiger partial charge in [0.15, 0.2) is 0 Å². The Hall–Kier alpha value is -1.52. The number of sulfonamides is 1. The largest absolute Gasteiger partial charge is 0.480 e. The molecule has 0 amide bonds. The van der Waals surface area contributed by atoms with Crippen molar-refractivity contribution in [2.75, 3.05) is 0 Å². The minimum absolute atomic E-state index is 0.00390. The average Bonchev–Trinajstić information content (AvgIpc) is 2.43. The van der Waals surface area contributed by atoms with E-state index < -0.39 is 32.9 Å². The highest BCUT2D eigenvalue weighted by atomic mass is 79.9. The predicted molar refractivity (Wildman–Crippen MR) is 82.0 cm³/mol. The highest BCUT2D eigenvalue weighted by Gasteiger charge is 2.30. The molecule has 10 heteroatoms. The van der Waals surface area contributed by atoms with E-state index in [0.29, 0.717) is 6.42 Å². The fourth-order valence-corrected chi connectivity index (χ4v) is 3.68. The number of nitrogens with zero attached hydrogens (tertiary/aromatic N) is 1. The zero-order chi connectivity index (χ0) is 17.1. The molecule has 2 N–H and O–H groups in total. The first-order valence-electron chi connectivity index (χ1n) is 6.29. The summed E-state index contributed by atoms with van der Waals surface area (Å²) in [6.45, 7) is 3.37. The van der Waals surface area contributed by atoms with Gasteiger partial charge in [0, 0.05) is 6.07 Å². The summed E-state index contributed by atoms with van der Waals surface area (Å²) in [6.07, 6.45) is 0.476. The highest BCUT2D eigenvalue weighted by molar-refractivity contribution is 9.10. The maximum Gasteiger partial charge on any atom is 0.322 e. The van der Waals surface area contributed by atoms with Gasteiger partial charge in [-0.15, -0.1) is 0 Å². The molecular weight excluding hydrogens is 380 g/mol. The summed E-state index contributed by atoms with van der Waals surface area (Å²) in [5.74, 6) is -1.69. The van der Waals surface area contributed by atoms with Gasteiger partial charge >= 0.3 is 5.97 Å². The van der Waals surface area contributed by atoms with Gasteiger partial charge in [-0.3, -0.25) is 14.9 Å². The molecule has 1 rings (SSSR count). The van der Waals surface area contributed by atoms with Crippen molar-refractivity contribution in [2.24, 2.45) is 5.92 Å². The lowest BCUT2D eigenvalue weighted by Crippen LogP contribution is -2.44. The Labute approximate surface area is 135 Å². The predicted octanol–water partition coefficient (Wildman–Crippen LogP) is 2.13. The maximum atomic E-state index is 12.2. The van der Waals surface area contributed by atoms with E-state index in [4.69, 9.17) is 5.11 Å². The van der Waals surface area contributed by atoms with Crippen molar-refractivity contribution in [1.29, 1.82) is 0 Å². The number of hydrogen-bond donors (Lipinski definition) is 2. The number of halogens is 1.